The summed E-state index contributed by atoms with van der Waals surface area (Å²) in [6, 6.07) is 5.16. The lowest BCUT2D eigenvalue weighted by atomic mass is 9.96. The molecule has 128 valence electrons. The molecule has 0 spiro atoms. The lowest BCUT2D eigenvalue weighted by Gasteiger charge is -2.22. The second-order valence-electron chi connectivity index (χ2n) is 6.03. The monoisotopic (exact) mass is 366 g/mol. The molecule has 1 saturated heterocycles. The first-order valence-corrected chi connectivity index (χ1v) is 8.88. The molecule has 2 aromatic rings. The van der Waals surface area contributed by atoms with Gasteiger partial charge >= 0.3 is 0 Å². The van der Waals surface area contributed by atoms with Crippen molar-refractivity contribution in [2.24, 2.45) is 5.92 Å². The Hall–Kier alpha value is -1.56. The number of benzene rings is 1. The number of nitrogens with one attached hydrogen (secondary N) is 2. The predicted octanol–water partition coefficient (Wildman–Crippen LogP) is 3.30. The number of hydrogen-bond donors (Lipinski definition) is 2. The molecule has 1 aromatic carbocycles. The summed E-state index contributed by atoms with van der Waals surface area (Å²) in [5.41, 5.74) is 1.20. The van der Waals surface area contributed by atoms with Crippen LogP contribution in [-0.4, -0.2) is 35.3 Å². The molecule has 1 unspecified atom stereocenters. The van der Waals surface area contributed by atoms with Gasteiger partial charge in [-0.15, -0.1) is 0 Å². The SMILES string of the molecule is O=C(NCCC1CCCNC1)c1cnn(-c2ccc(Cl)cc2Cl)c1. The summed E-state index contributed by atoms with van der Waals surface area (Å²) < 4.78 is 1.58. The van der Waals surface area contributed by atoms with E-state index in [0.717, 1.165) is 19.5 Å². The van der Waals surface area contributed by atoms with Crippen molar-refractivity contribution in [3.63, 3.8) is 0 Å². The molecule has 0 radical (unpaired) electrons. The fourth-order valence-electron chi connectivity index (χ4n) is 2.90. The summed E-state index contributed by atoms with van der Waals surface area (Å²) in [6.45, 7) is 2.83. The third-order valence-electron chi connectivity index (χ3n) is 4.24. The molecule has 7 heteroatoms. The van der Waals surface area contributed by atoms with E-state index < -0.39 is 0 Å². The van der Waals surface area contributed by atoms with Crippen LogP contribution in [0.4, 0.5) is 0 Å². The van der Waals surface area contributed by atoms with Crippen LogP contribution < -0.4 is 10.6 Å². The number of amides is 1. The summed E-state index contributed by atoms with van der Waals surface area (Å²) in [7, 11) is 0. The summed E-state index contributed by atoms with van der Waals surface area (Å²) in [5, 5.41) is 11.6. The Balaban J connectivity index is 1.57. The van der Waals surface area contributed by atoms with Crippen molar-refractivity contribution in [3.05, 3.63) is 46.2 Å². The average Bonchev–Trinajstić information content (AvgIpc) is 3.05. The summed E-state index contributed by atoms with van der Waals surface area (Å²) in [5.74, 6) is 0.532. The lowest BCUT2D eigenvalue weighted by molar-refractivity contribution is 0.0950. The molecular formula is C17H20Cl2N4O. The Bertz CT molecular complexity index is 710. The highest BCUT2D eigenvalue weighted by Gasteiger charge is 2.14. The van der Waals surface area contributed by atoms with Gasteiger partial charge in [-0.05, 0) is 56.5 Å². The molecule has 2 heterocycles. The highest BCUT2D eigenvalue weighted by Crippen LogP contribution is 2.24. The summed E-state index contributed by atoms with van der Waals surface area (Å²) in [6.07, 6.45) is 6.66. The van der Waals surface area contributed by atoms with Crippen LogP contribution in [0.1, 0.15) is 29.6 Å². The van der Waals surface area contributed by atoms with E-state index in [2.05, 4.69) is 15.7 Å². The lowest BCUT2D eigenvalue weighted by Crippen LogP contribution is -2.33. The Morgan fingerprint density at radius 1 is 1.42 bits per heavy atom. The third-order valence-corrected chi connectivity index (χ3v) is 4.78. The summed E-state index contributed by atoms with van der Waals surface area (Å²) in [4.78, 5) is 12.2. The topological polar surface area (TPSA) is 59.0 Å². The number of hydrogen-bond acceptors (Lipinski definition) is 3. The van der Waals surface area contributed by atoms with Crippen LogP contribution in [0.3, 0.4) is 0 Å². The van der Waals surface area contributed by atoms with E-state index in [4.69, 9.17) is 23.2 Å². The van der Waals surface area contributed by atoms with Crippen molar-refractivity contribution in [3.8, 4) is 5.69 Å². The maximum absolute atomic E-state index is 12.2. The third kappa shape index (κ3) is 4.29. The molecule has 1 fully saturated rings. The van der Waals surface area contributed by atoms with Crippen molar-refractivity contribution in [2.75, 3.05) is 19.6 Å². The Kier molecular flexibility index (Phi) is 5.76. The van der Waals surface area contributed by atoms with Gasteiger partial charge in [0, 0.05) is 17.8 Å². The molecule has 5 nitrogen and oxygen atoms in total. The Labute approximate surface area is 151 Å². The van der Waals surface area contributed by atoms with Crippen LogP contribution in [0.15, 0.2) is 30.6 Å². The van der Waals surface area contributed by atoms with E-state index in [1.54, 1.807) is 35.3 Å². The number of rotatable bonds is 5. The van der Waals surface area contributed by atoms with Gasteiger partial charge in [-0.3, -0.25) is 4.79 Å². The minimum absolute atomic E-state index is 0.116. The van der Waals surface area contributed by atoms with Crippen LogP contribution in [0.2, 0.25) is 10.0 Å². The largest absolute Gasteiger partial charge is 0.352 e. The second kappa shape index (κ2) is 8.01. The predicted molar refractivity (Wildman–Crippen MR) is 96.1 cm³/mol. The molecule has 0 saturated carbocycles. The molecule has 2 N–H and O–H groups in total. The molecule has 3 rings (SSSR count). The molecule has 1 aliphatic rings. The van der Waals surface area contributed by atoms with Crippen molar-refractivity contribution < 1.29 is 4.79 Å². The number of halogens is 2. The minimum Gasteiger partial charge on any atom is -0.352 e. The van der Waals surface area contributed by atoms with Crippen molar-refractivity contribution in [2.45, 2.75) is 19.3 Å². The standard InChI is InChI=1S/C17H20Cl2N4O/c18-14-3-4-16(15(19)8-14)23-11-13(10-22-23)17(24)21-7-5-12-2-1-6-20-9-12/h3-4,8,10-12,20H,1-2,5-7,9H2,(H,21,24). The van der Waals surface area contributed by atoms with Gasteiger partial charge in [0.05, 0.1) is 22.5 Å². The van der Waals surface area contributed by atoms with Crippen LogP contribution in [0.25, 0.3) is 5.69 Å². The van der Waals surface area contributed by atoms with Crippen molar-refractivity contribution >= 4 is 29.1 Å². The molecule has 24 heavy (non-hydrogen) atoms. The van der Waals surface area contributed by atoms with Crippen LogP contribution in [0.5, 0.6) is 0 Å². The molecule has 0 bridgehead atoms. The Morgan fingerprint density at radius 3 is 3.04 bits per heavy atom. The van der Waals surface area contributed by atoms with E-state index in [1.807, 2.05) is 0 Å². The smallest absolute Gasteiger partial charge is 0.254 e. The van der Waals surface area contributed by atoms with Crippen LogP contribution in [-0.2, 0) is 0 Å². The highest BCUT2D eigenvalue weighted by atomic mass is 35.5. The van der Waals surface area contributed by atoms with E-state index in [0.29, 0.717) is 33.8 Å². The maximum atomic E-state index is 12.2. The first-order chi connectivity index (χ1) is 11.6. The number of piperidine rings is 1. The van der Waals surface area contributed by atoms with Gasteiger partial charge in [-0.2, -0.15) is 5.10 Å². The quantitative estimate of drug-likeness (QED) is 0.853. The van der Waals surface area contributed by atoms with Gasteiger partial charge in [0.2, 0.25) is 0 Å². The van der Waals surface area contributed by atoms with Crippen LogP contribution >= 0.6 is 23.2 Å². The van der Waals surface area contributed by atoms with Crippen molar-refractivity contribution in [1.29, 1.82) is 0 Å². The van der Waals surface area contributed by atoms with Gasteiger partial charge in [-0.1, -0.05) is 23.2 Å². The zero-order valence-corrected chi connectivity index (χ0v) is 14.8. The van der Waals surface area contributed by atoms with E-state index in [-0.39, 0.29) is 5.91 Å². The number of carbonyl (C=O) groups excluding carboxylic acids is 1. The molecule has 1 amide bonds. The normalized spacial score (nSPS) is 17.7. The molecule has 1 aromatic heterocycles. The number of nitrogens with zero attached hydrogens (tertiary/aromatic N) is 2. The zero-order valence-electron chi connectivity index (χ0n) is 13.3. The average molecular weight is 367 g/mol. The highest BCUT2D eigenvalue weighted by molar-refractivity contribution is 6.35. The Morgan fingerprint density at radius 2 is 2.29 bits per heavy atom. The van der Waals surface area contributed by atoms with Gasteiger partial charge in [-0.25, -0.2) is 4.68 Å². The molecule has 1 aliphatic heterocycles. The van der Waals surface area contributed by atoms with E-state index in [1.165, 1.54) is 12.8 Å². The zero-order chi connectivity index (χ0) is 16.9. The number of carbonyl (C=O) groups is 1. The summed E-state index contributed by atoms with van der Waals surface area (Å²) >= 11 is 12.1. The molecule has 0 aliphatic carbocycles. The fraction of sp³-hybridized carbons (Fsp3) is 0.412. The minimum atomic E-state index is -0.116. The molecule has 1 atom stereocenters. The van der Waals surface area contributed by atoms with E-state index >= 15 is 0 Å². The van der Waals surface area contributed by atoms with Gasteiger partial charge in [0.15, 0.2) is 0 Å². The first kappa shape index (κ1) is 17.3. The van der Waals surface area contributed by atoms with Crippen LogP contribution in [0, 0.1) is 5.92 Å². The van der Waals surface area contributed by atoms with Gasteiger partial charge in [0.25, 0.3) is 5.91 Å². The maximum Gasteiger partial charge on any atom is 0.254 e. The molecular weight excluding hydrogens is 347 g/mol. The second-order valence-corrected chi connectivity index (χ2v) is 6.87. The van der Waals surface area contributed by atoms with E-state index in [9.17, 15) is 4.79 Å². The first-order valence-electron chi connectivity index (χ1n) is 8.12. The fourth-order valence-corrected chi connectivity index (χ4v) is 3.40. The van der Waals surface area contributed by atoms with Crippen molar-refractivity contribution in [1.82, 2.24) is 20.4 Å². The van der Waals surface area contributed by atoms with Gasteiger partial charge in [0.1, 0.15) is 0 Å². The number of aromatic nitrogens is 2. The van der Waals surface area contributed by atoms with Gasteiger partial charge < -0.3 is 10.6 Å².